The van der Waals surface area contributed by atoms with Crippen LogP contribution in [0.25, 0.3) is 21.7 Å². The van der Waals surface area contributed by atoms with Crippen LogP contribution in [0, 0.1) is 12.3 Å². The second kappa shape index (κ2) is 6.02. The van der Waals surface area contributed by atoms with Crippen LogP contribution in [0.2, 0.25) is 0 Å². The summed E-state index contributed by atoms with van der Waals surface area (Å²) in [5.41, 5.74) is 2.32. The summed E-state index contributed by atoms with van der Waals surface area (Å²) < 4.78 is 5.31. The molecule has 0 fully saturated rings. The lowest BCUT2D eigenvalue weighted by Gasteiger charge is -2.28. The topological polar surface area (TPSA) is 68.0 Å². The fourth-order valence-electron chi connectivity index (χ4n) is 2.32. The number of hydrogen-bond donors (Lipinski definition) is 1. The van der Waals surface area contributed by atoms with Gasteiger partial charge in [-0.2, -0.15) is 0 Å². The summed E-state index contributed by atoms with van der Waals surface area (Å²) in [5, 5.41) is 9.72. The van der Waals surface area contributed by atoms with E-state index in [0.29, 0.717) is 22.4 Å². The number of amides is 1. The Balaban J connectivity index is 2.08. The Labute approximate surface area is 145 Å². The Morgan fingerprint density at radius 2 is 2.12 bits per heavy atom. The largest absolute Gasteiger partial charge is 0.349 e. The minimum atomic E-state index is -0.131. The first-order chi connectivity index (χ1) is 11.3. The molecule has 0 saturated heterocycles. The van der Waals surface area contributed by atoms with Gasteiger partial charge >= 0.3 is 0 Å². The molecular formula is C18H21N3O2S. The van der Waals surface area contributed by atoms with Gasteiger partial charge in [0.1, 0.15) is 0 Å². The number of pyridine rings is 1. The van der Waals surface area contributed by atoms with Crippen LogP contribution in [0.1, 0.15) is 43.7 Å². The average Bonchev–Trinajstić information content (AvgIpc) is 3.15. The van der Waals surface area contributed by atoms with E-state index in [2.05, 4.69) is 36.2 Å². The molecule has 24 heavy (non-hydrogen) atoms. The molecule has 0 bridgehead atoms. The molecule has 1 N–H and O–H groups in total. The number of rotatable bonds is 3. The molecule has 0 aromatic carbocycles. The number of carbonyl (C=O) groups is 1. The summed E-state index contributed by atoms with van der Waals surface area (Å²) in [6, 6.07) is 5.78. The number of fused-ring (bicyclic) bond motifs is 1. The zero-order chi connectivity index (χ0) is 17.5. The van der Waals surface area contributed by atoms with E-state index in [4.69, 9.17) is 4.52 Å². The molecule has 0 aliphatic carbocycles. The molecule has 1 amide bonds. The second-order valence-corrected chi connectivity index (χ2v) is 7.99. The van der Waals surface area contributed by atoms with E-state index in [1.54, 1.807) is 11.3 Å². The third kappa shape index (κ3) is 3.06. The maximum atomic E-state index is 12.9. The van der Waals surface area contributed by atoms with Gasteiger partial charge in [-0.3, -0.25) is 4.79 Å². The zero-order valence-corrected chi connectivity index (χ0v) is 15.3. The van der Waals surface area contributed by atoms with Crippen LogP contribution >= 0.6 is 11.3 Å². The van der Waals surface area contributed by atoms with E-state index in [-0.39, 0.29) is 17.4 Å². The number of aryl methyl sites for hydroxylation is 1. The number of nitrogens with one attached hydrogen (secondary N) is 1. The highest BCUT2D eigenvalue weighted by Gasteiger charge is 2.25. The highest BCUT2D eigenvalue weighted by molar-refractivity contribution is 7.13. The highest BCUT2D eigenvalue weighted by Crippen LogP contribution is 2.29. The summed E-state index contributed by atoms with van der Waals surface area (Å²) in [7, 11) is 0. The molecule has 3 aromatic heterocycles. The van der Waals surface area contributed by atoms with Crippen molar-refractivity contribution in [2.24, 2.45) is 5.41 Å². The van der Waals surface area contributed by atoms with Gasteiger partial charge < -0.3 is 9.84 Å². The Kier molecular flexibility index (Phi) is 4.17. The molecule has 0 saturated carbocycles. The van der Waals surface area contributed by atoms with E-state index in [9.17, 15) is 4.79 Å². The molecule has 0 aliphatic rings. The number of carbonyl (C=O) groups excluding carboxylic acids is 1. The summed E-state index contributed by atoms with van der Waals surface area (Å²) in [5.74, 6) is -0.131. The quantitative estimate of drug-likeness (QED) is 0.764. The first-order valence-electron chi connectivity index (χ1n) is 7.89. The van der Waals surface area contributed by atoms with Crippen LogP contribution in [-0.2, 0) is 0 Å². The van der Waals surface area contributed by atoms with Crippen LogP contribution in [0.3, 0.4) is 0 Å². The van der Waals surface area contributed by atoms with Crippen LogP contribution in [-0.4, -0.2) is 22.1 Å². The highest BCUT2D eigenvalue weighted by atomic mass is 32.1. The summed E-state index contributed by atoms with van der Waals surface area (Å²) in [6.07, 6.45) is 0. The van der Waals surface area contributed by atoms with Gasteiger partial charge in [0, 0.05) is 6.04 Å². The molecule has 126 valence electrons. The Bertz CT molecular complexity index is 876. The predicted octanol–water partition coefficient (Wildman–Crippen LogP) is 4.42. The maximum Gasteiger partial charge on any atom is 0.259 e. The minimum absolute atomic E-state index is 0.0257. The molecule has 1 unspecified atom stereocenters. The third-order valence-electron chi connectivity index (χ3n) is 4.28. The molecule has 1 atom stereocenters. The van der Waals surface area contributed by atoms with E-state index in [1.165, 1.54) is 0 Å². The number of hydrogen-bond acceptors (Lipinski definition) is 5. The fourth-order valence-corrected chi connectivity index (χ4v) is 3.00. The summed E-state index contributed by atoms with van der Waals surface area (Å²) in [6.45, 7) is 10.1. The van der Waals surface area contributed by atoms with Gasteiger partial charge in [-0.05, 0) is 36.8 Å². The molecule has 3 aromatic rings. The molecule has 3 heterocycles. The van der Waals surface area contributed by atoms with Gasteiger partial charge in [-0.25, -0.2) is 4.98 Å². The van der Waals surface area contributed by atoms with Crippen molar-refractivity contribution < 1.29 is 9.32 Å². The van der Waals surface area contributed by atoms with Crippen LogP contribution in [0.5, 0.6) is 0 Å². The van der Waals surface area contributed by atoms with Gasteiger partial charge in [0.2, 0.25) is 0 Å². The van der Waals surface area contributed by atoms with Crippen molar-refractivity contribution in [3.8, 4) is 10.6 Å². The zero-order valence-electron chi connectivity index (χ0n) is 14.5. The molecule has 5 nitrogen and oxygen atoms in total. The minimum Gasteiger partial charge on any atom is -0.349 e. The third-order valence-corrected chi connectivity index (χ3v) is 5.17. The monoisotopic (exact) mass is 343 g/mol. The molecule has 6 heteroatoms. The van der Waals surface area contributed by atoms with Crippen LogP contribution in [0.4, 0.5) is 0 Å². The van der Waals surface area contributed by atoms with Gasteiger partial charge in [0.15, 0.2) is 0 Å². The first kappa shape index (κ1) is 16.6. The molecule has 0 aliphatic heterocycles. The first-order valence-corrected chi connectivity index (χ1v) is 8.77. The lowest BCUT2D eigenvalue weighted by atomic mass is 9.88. The standard InChI is InChI=1S/C18H21N3O2S/c1-10-15-12(16(22)19-11(2)18(3,4)5)9-13(14-7-6-8-24-14)20-17(15)23-21-10/h6-9,11H,1-5H3,(H,19,22). The molecule has 0 radical (unpaired) electrons. The summed E-state index contributed by atoms with van der Waals surface area (Å²) >= 11 is 1.57. The lowest BCUT2D eigenvalue weighted by molar-refractivity contribution is 0.0911. The van der Waals surface area contributed by atoms with Crippen molar-refractivity contribution in [2.45, 2.75) is 40.7 Å². The van der Waals surface area contributed by atoms with E-state index < -0.39 is 0 Å². The van der Waals surface area contributed by atoms with E-state index in [0.717, 1.165) is 10.6 Å². The number of aromatic nitrogens is 2. The van der Waals surface area contributed by atoms with E-state index in [1.807, 2.05) is 37.4 Å². The Hall–Kier alpha value is -2.21. The smallest absolute Gasteiger partial charge is 0.259 e. The van der Waals surface area contributed by atoms with Gasteiger partial charge in [-0.15, -0.1) is 11.3 Å². The van der Waals surface area contributed by atoms with Crippen molar-refractivity contribution in [2.75, 3.05) is 0 Å². The van der Waals surface area contributed by atoms with Gasteiger partial charge in [0.25, 0.3) is 11.6 Å². The normalized spacial score (nSPS) is 13.2. The molecular weight excluding hydrogens is 322 g/mol. The Morgan fingerprint density at radius 3 is 2.75 bits per heavy atom. The molecule has 0 spiro atoms. The van der Waals surface area contributed by atoms with Crippen molar-refractivity contribution in [3.63, 3.8) is 0 Å². The lowest BCUT2D eigenvalue weighted by Crippen LogP contribution is -2.41. The number of nitrogens with zero attached hydrogens (tertiary/aromatic N) is 2. The van der Waals surface area contributed by atoms with Crippen LogP contribution < -0.4 is 5.32 Å². The van der Waals surface area contributed by atoms with Gasteiger partial charge in [0.05, 0.1) is 27.2 Å². The predicted molar refractivity (Wildman–Crippen MR) is 96.2 cm³/mol. The SMILES string of the molecule is Cc1noc2nc(-c3cccs3)cc(C(=O)NC(C)C(C)(C)C)c12. The van der Waals surface area contributed by atoms with Gasteiger partial charge in [-0.1, -0.05) is 32.0 Å². The fraction of sp³-hybridized carbons (Fsp3) is 0.389. The summed E-state index contributed by atoms with van der Waals surface area (Å²) in [4.78, 5) is 18.4. The van der Waals surface area contributed by atoms with Crippen LogP contribution in [0.15, 0.2) is 28.1 Å². The number of thiophene rings is 1. The second-order valence-electron chi connectivity index (χ2n) is 7.04. The van der Waals surface area contributed by atoms with Crippen molar-refractivity contribution in [1.82, 2.24) is 15.5 Å². The van der Waals surface area contributed by atoms with Crippen molar-refractivity contribution in [1.29, 1.82) is 0 Å². The van der Waals surface area contributed by atoms with Crippen molar-refractivity contribution >= 4 is 28.3 Å². The molecule has 3 rings (SSSR count). The maximum absolute atomic E-state index is 12.9. The van der Waals surface area contributed by atoms with E-state index >= 15 is 0 Å². The Morgan fingerprint density at radius 1 is 1.38 bits per heavy atom. The van der Waals surface area contributed by atoms with Crippen molar-refractivity contribution in [3.05, 3.63) is 34.8 Å². The average molecular weight is 343 g/mol.